The van der Waals surface area contributed by atoms with E-state index in [9.17, 15) is 4.79 Å². The molecule has 1 amide bonds. The van der Waals surface area contributed by atoms with Gasteiger partial charge in [0.25, 0.3) is 0 Å². The molecule has 0 spiro atoms. The zero-order chi connectivity index (χ0) is 12.0. The van der Waals surface area contributed by atoms with Crippen LogP contribution < -0.4 is 5.32 Å². The number of aryl methyl sites for hydroxylation is 1. The van der Waals surface area contributed by atoms with Crippen LogP contribution >= 0.6 is 0 Å². The Morgan fingerprint density at radius 3 is 2.69 bits per heavy atom. The number of hydrogen-bond donors (Lipinski definition) is 1. The van der Waals surface area contributed by atoms with Gasteiger partial charge in [-0.05, 0) is 31.9 Å². The predicted molar refractivity (Wildman–Crippen MR) is 65.5 cm³/mol. The number of anilines is 1. The summed E-state index contributed by atoms with van der Waals surface area (Å²) in [6.07, 6.45) is 0.980. The maximum absolute atomic E-state index is 11.5. The Bertz CT molecular complexity index is 348. The van der Waals surface area contributed by atoms with Crippen molar-refractivity contribution in [2.75, 3.05) is 11.9 Å². The van der Waals surface area contributed by atoms with Gasteiger partial charge >= 0.3 is 0 Å². The standard InChI is InChI=1S/C13H19NO2/c1-4-11-7-5-6-8-12(11)14-13(15)9-16-10(2)3/h5-8,10H,4,9H2,1-3H3,(H,14,15). The third kappa shape index (κ3) is 4.03. The van der Waals surface area contributed by atoms with E-state index in [2.05, 4.69) is 12.2 Å². The number of rotatable bonds is 5. The third-order valence-corrected chi connectivity index (χ3v) is 2.22. The van der Waals surface area contributed by atoms with E-state index in [1.54, 1.807) is 0 Å². The Morgan fingerprint density at radius 2 is 2.06 bits per heavy atom. The topological polar surface area (TPSA) is 38.3 Å². The van der Waals surface area contributed by atoms with Gasteiger partial charge in [-0.3, -0.25) is 4.79 Å². The summed E-state index contributed by atoms with van der Waals surface area (Å²) in [5.74, 6) is -0.102. The van der Waals surface area contributed by atoms with Crippen molar-refractivity contribution in [3.8, 4) is 0 Å². The highest BCUT2D eigenvalue weighted by atomic mass is 16.5. The van der Waals surface area contributed by atoms with Crippen LogP contribution in [0.2, 0.25) is 0 Å². The molecule has 0 aromatic heterocycles. The normalized spacial score (nSPS) is 10.5. The van der Waals surface area contributed by atoms with Crippen LogP contribution in [0.4, 0.5) is 5.69 Å². The summed E-state index contributed by atoms with van der Waals surface area (Å²) in [5, 5.41) is 2.85. The van der Waals surface area contributed by atoms with E-state index in [0.29, 0.717) is 0 Å². The lowest BCUT2D eigenvalue weighted by atomic mass is 10.1. The van der Waals surface area contributed by atoms with Crippen LogP contribution in [0.5, 0.6) is 0 Å². The molecular weight excluding hydrogens is 202 g/mol. The van der Waals surface area contributed by atoms with Crippen molar-refractivity contribution in [2.24, 2.45) is 0 Å². The summed E-state index contributed by atoms with van der Waals surface area (Å²) in [7, 11) is 0. The van der Waals surface area contributed by atoms with Gasteiger partial charge in [0.05, 0.1) is 6.10 Å². The number of ether oxygens (including phenoxy) is 1. The van der Waals surface area contributed by atoms with Gasteiger partial charge in [-0.25, -0.2) is 0 Å². The molecule has 0 fully saturated rings. The first kappa shape index (κ1) is 12.7. The fraction of sp³-hybridized carbons (Fsp3) is 0.462. The minimum absolute atomic E-state index is 0.0761. The zero-order valence-corrected chi connectivity index (χ0v) is 10.1. The molecule has 1 N–H and O–H groups in total. The number of carbonyl (C=O) groups is 1. The highest BCUT2D eigenvalue weighted by molar-refractivity contribution is 5.92. The van der Waals surface area contributed by atoms with Crippen molar-refractivity contribution >= 4 is 11.6 Å². The molecular formula is C13H19NO2. The SMILES string of the molecule is CCc1ccccc1NC(=O)COC(C)C. The van der Waals surface area contributed by atoms with Crippen LogP contribution in [0.1, 0.15) is 26.3 Å². The van der Waals surface area contributed by atoms with Crippen molar-refractivity contribution in [2.45, 2.75) is 33.3 Å². The Balaban J connectivity index is 2.55. The van der Waals surface area contributed by atoms with Crippen molar-refractivity contribution < 1.29 is 9.53 Å². The van der Waals surface area contributed by atoms with Gasteiger partial charge in [0, 0.05) is 5.69 Å². The smallest absolute Gasteiger partial charge is 0.250 e. The average Bonchev–Trinajstić information content (AvgIpc) is 2.27. The Kier molecular flexibility index (Phi) is 4.99. The molecule has 88 valence electrons. The second-order valence-corrected chi connectivity index (χ2v) is 3.92. The predicted octanol–water partition coefficient (Wildman–Crippen LogP) is 2.61. The molecule has 0 radical (unpaired) electrons. The zero-order valence-electron chi connectivity index (χ0n) is 10.1. The molecule has 3 heteroatoms. The number of benzene rings is 1. The van der Waals surface area contributed by atoms with Gasteiger partial charge in [-0.15, -0.1) is 0 Å². The van der Waals surface area contributed by atoms with E-state index in [-0.39, 0.29) is 18.6 Å². The number of nitrogens with one attached hydrogen (secondary N) is 1. The van der Waals surface area contributed by atoms with Crippen LogP contribution in [0.3, 0.4) is 0 Å². The summed E-state index contributed by atoms with van der Waals surface area (Å²) in [6.45, 7) is 5.99. The maximum Gasteiger partial charge on any atom is 0.250 e. The monoisotopic (exact) mass is 221 g/mol. The minimum atomic E-state index is -0.102. The fourth-order valence-corrected chi connectivity index (χ4v) is 1.38. The lowest BCUT2D eigenvalue weighted by Gasteiger charge is -2.11. The summed E-state index contributed by atoms with van der Waals surface area (Å²) in [6, 6.07) is 7.81. The fourth-order valence-electron chi connectivity index (χ4n) is 1.38. The van der Waals surface area contributed by atoms with E-state index < -0.39 is 0 Å². The van der Waals surface area contributed by atoms with Crippen LogP contribution in [0.25, 0.3) is 0 Å². The minimum Gasteiger partial charge on any atom is -0.369 e. The number of para-hydroxylation sites is 1. The molecule has 0 atom stereocenters. The van der Waals surface area contributed by atoms with E-state index in [1.807, 2.05) is 38.1 Å². The largest absolute Gasteiger partial charge is 0.369 e. The molecule has 0 saturated carbocycles. The molecule has 0 bridgehead atoms. The van der Waals surface area contributed by atoms with E-state index in [0.717, 1.165) is 17.7 Å². The van der Waals surface area contributed by atoms with E-state index in [4.69, 9.17) is 4.74 Å². The highest BCUT2D eigenvalue weighted by Crippen LogP contribution is 2.15. The van der Waals surface area contributed by atoms with Gasteiger partial charge < -0.3 is 10.1 Å². The van der Waals surface area contributed by atoms with Crippen LogP contribution in [0.15, 0.2) is 24.3 Å². The van der Waals surface area contributed by atoms with Crippen molar-refractivity contribution in [1.82, 2.24) is 0 Å². The molecule has 1 aromatic carbocycles. The first-order valence-electron chi connectivity index (χ1n) is 5.62. The molecule has 0 unspecified atom stereocenters. The van der Waals surface area contributed by atoms with Gasteiger partial charge in [-0.2, -0.15) is 0 Å². The summed E-state index contributed by atoms with van der Waals surface area (Å²) < 4.78 is 5.24. The lowest BCUT2D eigenvalue weighted by Crippen LogP contribution is -2.21. The molecule has 0 saturated heterocycles. The molecule has 0 aliphatic rings. The van der Waals surface area contributed by atoms with Crippen molar-refractivity contribution in [1.29, 1.82) is 0 Å². The molecule has 0 aliphatic heterocycles. The molecule has 1 rings (SSSR count). The van der Waals surface area contributed by atoms with E-state index >= 15 is 0 Å². The van der Waals surface area contributed by atoms with Crippen molar-refractivity contribution in [3.63, 3.8) is 0 Å². The van der Waals surface area contributed by atoms with Gasteiger partial charge in [0.15, 0.2) is 0 Å². The molecule has 3 nitrogen and oxygen atoms in total. The number of amides is 1. The highest BCUT2D eigenvalue weighted by Gasteiger charge is 2.06. The van der Waals surface area contributed by atoms with Gasteiger partial charge in [0.1, 0.15) is 6.61 Å². The maximum atomic E-state index is 11.5. The van der Waals surface area contributed by atoms with Crippen molar-refractivity contribution in [3.05, 3.63) is 29.8 Å². The Labute approximate surface area is 96.8 Å². The Hall–Kier alpha value is -1.35. The van der Waals surface area contributed by atoms with Gasteiger partial charge in [0.2, 0.25) is 5.91 Å². The molecule has 0 aliphatic carbocycles. The van der Waals surface area contributed by atoms with E-state index in [1.165, 1.54) is 0 Å². The number of hydrogen-bond acceptors (Lipinski definition) is 2. The van der Waals surface area contributed by atoms with Gasteiger partial charge in [-0.1, -0.05) is 25.1 Å². The second kappa shape index (κ2) is 6.28. The summed E-state index contributed by atoms with van der Waals surface area (Å²) >= 11 is 0. The summed E-state index contributed by atoms with van der Waals surface area (Å²) in [4.78, 5) is 11.5. The Morgan fingerprint density at radius 1 is 1.38 bits per heavy atom. The van der Waals surface area contributed by atoms with Crippen LogP contribution in [-0.4, -0.2) is 18.6 Å². The molecule has 0 heterocycles. The first-order chi connectivity index (χ1) is 7.63. The van der Waals surface area contributed by atoms with Crippen LogP contribution in [-0.2, 0) is 16.0 Å². The molecule has 1 aromatic rings. The average molecular weight is 221 g/mol. The second-order valence-electron chi connectivity index (χ2n) is 3.92. The lowest BCUT2D eigenvalue weighted by molar-refractivity contribution is -0.121. The van der Waals surface area contributed by atoms with Crippen LogP contribution in [0, 0.1) is 0 Å². The summed E-state index contributed by atoms with van der Waals surface area (Å²) in [5.41, 5.74) is 2.02. The first-order valence-corrected chi connectivity index (χ1v) is 5.62. The quantitative estimate of drug-likeness (QED) is 0.830. The number of carbonyl (C=O) groups excluding carboxylic acids is 1. The molecule has 16 heavy (non-hydrogen) atoms. The third-order valence-electron chi connectivity index (χ3n) is 2.22.